The summed E-state index contributed by atoms with van der Waals surface area (Å²) in [7, 11) is 2.73. The van der Waals surface area contributed by atoms with Gasteiger partial charge in [0, 0.05) is 31.3 Å². The Hall–Kier alpha value is -2.94. The fourth-order valence-electron chi connectivity index (χ4n) is 1.96. The summed E-state index contributed by atoms with van der Waals surface area (Å²) in [6, 6.07) is 4.67. The number of benzene rings is 1. The van der Waals surface area contributed by atoms with Gasteiger partial charge in [-0.3, -0.25) is 24.0 Å². The van der Waals surface area contributed by atoms with E-state index in [1.165, 1.54) is 26.2 Å². The van der Waals surface area contributed by atoms with Gasteiger partial charge in [-0.1, -0.05) is 11.6 Å². The standard InChI is InChI=1S/C14H12ClN3O6/c1-16-9(6-12(19)17(2)14(16)21)7-24-13(20)10-4-3-8(15)5-11(10)18(22)23/h3-6H,7H2,1-2H3. The van der Waals surface area contributed by atoms with E-state index in [1.54, 1.807) is 0 Å². The molecule has 2 rings (SSSR count). The van der Waals surface area contributed by atoms with Gasteiger partial charge in [0.2, 0.25) is 0 Å². The van der Waals surface area contributed by atoms with E-state index in [4.69, 9.17) is 16.3 Å². The summed E-state index contributed by atoms with van der Waals surface area (Å²) < 4.78 is 7.02. The maximum atomic E-state index is 12.1. The molecule has 24 heavy (non-hydrogen) atoms. The van der Waals surface area contributed by atoms with E-state index < -0.39 is 27.8 Å². The minimum absolute atomic E-state index is 0.104. The molecule has 1 aromatic heterocycles. The fraction of sp³-hybridized carbons (Fsp3) is 0.214. The van der Waals surface area contributed by atoms with Gasteiger partial charge in [0.15, 0.2) is 0 Å². The van der Waals surface area contributed by atoms with Crippen molar-refractivity contribution in [3.05, 3.63) is 71.5 Å². The summed E-state index contributed by atoms with van der Waals surface area (Å²) in [6.07, 6.45) is 0. The van der Waals surface area contributed by atoms with Crippen LogP contribution in [0.2, 0.25) is 5.02 Å². The zero-order valence-electron chi connectivity index (χ0n) is 12.7. The lowest BCUT2D eigenvalue weighted by molar-refractivity contribution is -0.385. The van der Waals surface area contributed by atoms with Crippen molar-refractivity contribution in [3.8, 4) is 0 Å². The van der Waals surface area contributed by atoms with E-state index in [0.29, 0.717) is 0 Å². The number of nitrogens with zero attached hydrogens (tertiary/aromatic N) is 3. The number of aromatic nitrogens is 2. The highest BCUT2D eigenvalue weighted by Crippen LogP contribution is 2.24. The summed E-state index contributed by atoms with van der Waals surface area (Å²) in [6.45, 7) is -0.388. The lowest BCUT2D eigenvalue weighted by Crippen LogP contribution is -2.38. The number of carbonyl (C=O) groups excluding carboxylic acids is 1. The van der Waals surface area contributed by atoms with Crippen LogP contribution in [0.5, 0.6) is 0 Å². The van der Waals surface area contributed by atoms with Crippen LogP contribution in [0, 0.1) is 10.1 Å². The number of esters is 1. The highest BCUT2D eigenvalue weighted by atomic mass is 35.5. The number of ether oxygens (including phenoxy) is 1. The summed E-state index contributed by atoms with van der Waals surface area (Å²) >= 11 is 5.68. The highest BCUT2D eigenvalue weighted by molar-refractivity contribution is 6.31. The molecular weight excluding hydrogens is 342 g/mol. The molecule has 0 saturated heterocycles. The topological polar surface area (TPSA) is 113 Å². The Labute approximate surface area is 139 Å². The van der Waals surface area contributed by atoms with E-state index in [0.717, 1.165) is 21.3 Å². The van der Waals surface area contributed by atoms with E-state index >= 15 is 0 Å². The van der Waals surface area contributed by atoms with Gasteiger partial charge in [0.25, 0.3) is 11.2 Å². The van der Waals surface area contributed by atoms with E-state index in [1.807, 2.05) is 0 Å². The molecule has 10 heteroatoms. The van der Waals surface area contributed by atoms with Crippen LogP contribution in [-0.4, -0.2) is 20.0 Å². The average molecular weight is 354 g/mol. The molecule has 0 atom stereocenters. The second-order valence-corrected chi connectivity index (χ2v) is 5.31. The first-order chi connectivity index (χ1) is 11.2. The Morgan fingerprint density at radius 2 is 1.92 bits per heavy atom. The molecule has 0 bridgehead atoms. The molecule has 0 saturated carbocycles. The van der Waals surface area contributed by atoms with Crippen LogP contribution in [-0.2, 0) is 25.4 Å². The van der Waals surface area contributed by atoms with Crippen LogP contribution in [0.15, 0.2) is 33.9 Å². The van der Waals surface area contributed by atoms with Gasteiger partial charge >= 0.3 is 11.7 Å². The van der Waals surface area contributed by atoms with Crippen LogP contribution in [0.4, 0.5) is 5.69 Å². The van der Waals surface area contributed by atoms with Gasteiger partial charge in [-0.15, -0.1) is 0 Å². The Bertz CT molecular complexity index is 947. The van der Waals surface area contributed by atoms with Crippen molar-refractivity contribution in [1.29, 1.82) is 0 Å². The van der Waals surface area contributed by atoms with Crippen LogP contribution in [0.1, 0.15) is 16.1 Å². The Balaban J connectivity index is 2.29. The van der Waals surface area contributed by atoms with E-state index in [2.05, 4.69) is 0 Å². The number of nitro groups is 1. The van der Waals surface area contributed by atoms with Crippen molar-refractivity contribution in [2.24, 2.45) is 14.1 Å². The molecule has 2 aromatic rings. The largest absolute Gasteiger partial charge is 0.455 e. The Kier molecular flexibility index (Phi) is 4.84. The normalized spacial score (nSPS) is 10.5. The Morgan fingerprint density at radius 3 is 2.54 bits per heavy atom. The first-order valence-corrected chi connectivity index (χ1v) is 6.97. The molecule has 0 amide bonds. The monoisotopic (exact) mass is 353 g/mol. The van der Waals surface area contributed by atoms with Gasteiger partial charge in [0.1, 0.15) is 12.2 Å². The smallest absolute Gasteiger partial charge is 0.345 e. The molecule has 126 valence electrons. The first-order valence-electron chi connectivity index (χ1n) is 6.59. The van der Waals surface area contributed by atoms with Crippen molar-refractivity contribution in [2.75, 3.05) is 0 Å². The van der Waals surface area contributed by atoms with Crippen molar-refractivity contribution in [2.45, 2.75) is 6.61 Å². The number of hydrogen-bond acceptors (Lipinski definition) is 6. The van der Waals surface area contributed by atoms with Crippen molar-refractivity contribution in [3.63, 3.8) is 0 Å². The number of halogens is 1. The van der Waals surface area contributed by atoms with Crippen LogP contribution >= 0.6 is 11.6 Å². The van der Waals surface area contributed by atoms with Gasteiger partial charge in [-0.25, -0.2) is 9.59 Å². The van der Waals surface area contributed by atoms with Gasteiger partial charge < -0.3 is 4.74 Å². The molecule has 0 fully saturated rings. The molecule has 0 aliphatic carbocycles. The number of carbonyl (C=O) groups is 1. The fourth-order valence-corrected chi connectivity index (χ4v) is 2.13. The highest BCUT2D eigenvalue weighted by Gasteiger charge is 2.22. The lowest BCUT2D eigenvalue weighted by Gasteiger charge is -2.10. The summed E-state index contributed by atoms with van der Waals surface area (Å²) in [5.41, 5.74) is -1.75. The predicted octanol–water partition coefficient (Wildman–Crippen LogP) is 1.00. The quantitative estimate of drug-likeness (QED) is 0.460. The third kappa shape index (κ3) is 3.35. The SMILES string of the molecule is Cn1c(COC(=O)c2ccc(Cl)cc2[N+](=O)[O-])cc(=O)n(C)c1=O. The molecule has 1 heterocycles. The van der Waals surface area contributed by atoms with E-state index in [-0.39, 0.29) is 22.9 Å². The molecule has 0 unspecified atom stereocenters. The maximum absolute atomic E-state index is 12.1. The first kappa shape index (κ1) is 17.4. The minimum Gasteiger partial charge on any atom is -0.455 e. The molecule has 1 aromatic carbocycles. The zero-order chi connectivity index (χ0) is 18.0. The summed E-state index contributed by atoms with van der Waals surface area (Å²) in [5.74, 6) is -0.966. The number of rotatable bonds is 4. The van der Waals surface area contributed by atoms with Gasteiger partial charge in [0.05, 0.1) is 10.6 Å². The lowest BCUT2D eigenvalue weighted by atomic mass is 10.2. The van der Waals surface area contributed by atoms with Crippen molar-refractivity contribution < 1.29 is 14.5 Å². The molecule has 0 aliphatic heterocycles. The van der Waals surface area contributed by atoms with E-state index in [9.17, 15) is 24.5 Å². The molecule has 0 aliphatic rings. The third-order valence-electron chi connectivity index (χ3n) is 3.35. The van der Waals surface area contributed by atoms with Crippen LogP contribution in [0.3, 0.4) is 0 Å². The minimum atomic E-state index is -0.966. The third-order valence-corrected chi connectivity index (χ3v) is 3.59. The second-order valence-electron chi connectivity index (χ2n) is 4.87. The zero-order valence-corrected chi connectivity index (χ0v) is 13.4. The average Bonchev–Trinajstić information content (AvgIpc) is 2.54. The van der Waals surface area contributed by atoms with Crippen LogP contribution < -0.4 is 11.2 Å². The molecule has 9 nitrogen and oxygen atoms in total. The second kappa shape index (κ2) is 6.67. The molecular formula is C14H12ClN3O6. The predicted molar refractivity (Wildman–Crippen MR) is 84.1 cm³/mol. The van der Waals surface area contributed by atoms with Gasteiger partial charge in [-0.05, 0) is 12.1 Å². The molecule has 0 spiro atoms. The van der Waals surface area contributed by atoms with Crippen molar-refractivity contribution >= 4 is 23.3 Å². The molecule has 0 radical (unpaired) electrons. The number of hydrogen-bond donors (Lipinski definition) is 0. The number of nitro benzene ring substituents is 1. The van der Waals surface area contributed by atoms with Crippen molar-refractivity contribution in [1.82, 2.24) is 9.13 Å². The summed E-state index contributed by atoms with van der Waals surface area (Å²) in [5, 5.41) is 11.1. The molecule has 0 N–H and O–H groups in total. The summed E-state index contributed by atoms with van der Waals surface area (Å²) in [4.78, 5) is 45.7. The van der Waals surface area contributed by atoms with Gasteiger partial charge in [-0.2, -0.15) is 0 Å². The van der Waals surface area contributed by atoms with Crippen LogP contribution in [0.25, 0.3) is 0 Å². The Morgan fingerprint density at radius 1 is 1.25 bits per heavy atom. The maximum Gasteiger partial charge on any atom is 0.345 e.